The molecule has 0 saturated heterocycles. The largest absolute Gasteiger partial charge is 0.382 e. The second kappa shape index (κ2) is 8.51. The molecule has 1 unspecified atom stereocenters. The van der Waals surface area contributed by atoms with Gasteiger partial charge in [-0.2, -0.15) is 4.98 Å². The zero-order chi connectivity index (χ0) is 22.8. The van der Waals surface area contributed by atoms with Crippen LogP contribution in [-0.4, -0.2) is 37.8 Å². The van der Waals surface area contributed by atoms with Gasteiger partial charge in [-0.05, 0) is 43.3 Å². The van der Waals surface area contributed by atoms with Gasteiger partial charge in [0.1, 0.15) is 28.2 Å². The lowest BCUT2D eigenvalue weighted by atomic mass is 10.2. The predicted molar refractivity (Wildman–Crippen MR) is 115 cm³/mol. The smallest absolute Gasteiger partial charge is 0.300 e. The Kier molecular flexibility index (Phi) is 5.60. The fourth-order valence-electron chi connectivity index (χ4n) is 2.83. The van der Waals surface area contributed by atoms with Gasteiger partial charge in [-0.1, -0.05) is 22.6 Å². The molecule has 0 aliphatic carbocycles. The van der Waals surface area contributed by atoms with Crippen molar-refractivity contribution in [3.05, 3.63) is 65.2 Å². The molecule has 0 saturated carbocycles. The summed E-state index contributed by atoms with van der Waals surface area (Å²) in [5.41, 5.74) is 12.3. The summed E-state index contributed by atoms with van der Waals surface area (Å²) in [6, 6.07) is 9.69. The number of benzene rings is 1. The minimum Gasteiger partial charge on any atom is -0.382 e. The molecule has 12 heteroatoms. The molecule has 1 amide bonds. The zero-order valence-electron chi connectivity index (χ0n) is 16.6. The summed E-state index contributed by atoms with van der Waals surface area (Å²) < 4.78 is 18.5. The molecule has 0 aliphatic heterocycles. The van der Waals surface area contributed by atoms with E-state index in [-0.39, 0.29) is 27.5 Å². The van der Waals surface area contributed by atoms with Crippen LogP contribution in [0.15, 0.2) is 53.2 Å². The topological polar surface area (TPSA) is 154 Å². The van der Waals surface area contributed by atoms with Crippen LogP contribution in [-0.2, 0) is 4.79 Å². The second-order valence-electron chi connectivity index (χ2n) is 6.60. The number of nitrogens with two attached hydrogens (primary N) is 2. The van der Waals surface area contributed by atoms with E-state index in [2.05, 4.69) is 20.1 Å². The molecule has 0 spiro atoms. The average molecular weight is 453 g/mol. The fourth-order valence-corrected chi connectivity index (χ4v) is 3.85. The predicted octanol–water partition coefficient (Wildman–Crippen LogP) is 2.55. The normalized spacial score (nSPS) is 11.8. The van der Waals surface area contributed by atoms with Crippen LogP contribution < -0.4 is 16.4 Å². The van der Waals surface area contributed by atoms with Gasteiger partial charge in [0.25, 0.3) is 11.7 Å². The van der Waals surface area contributed by atoms with E-state index in [0.29, 0.717) is 11.4 Å². The maximum atomic E-state index is 13.4. The van der Waals surface area contributed by atoms with Crippen molar-refractivity contribution in [1.29, 1.82) is 0 Å². The zero-order valence-corrected chi connectivity index (χ0v) is 17.4. The molecule has 162 valence electrons. The van der Waals surface area contributed by atoms with E-state index in [4.69, 9.17) is 16.0 Å². The SMILES string of the molecule is CC(C(N)=O)N(c1ccc(F)cc1)c1nc(N)c(C(=O)c2nc(-c3ccccn3)no2)s1. The van der Waals surface area contributed by atoms with Crippen LogP contribution in [0.1, 0.15) is 22.5 Å². The van der Waals surface area contributed by atoms with Crippen molar-refractivity contribution < 1.29 is 18.5 Å². The van der Waals surface area contributed by atoms with Gasteiger partial charge in [0, 0.05) is 11.9 Å². The van der Waals surface area contributed by atoms with Gasteiger partial charge in [-0.25, -0.2) is 9.37 Å². The summed E-state index contributed by atoms with van der Waals surface area (Å²) in [5, 5.41) is 3.99. The summed E-state index contributed by atoms with van der Waals surface area (Å²) in [4.78, 5) is 38.8. The number of anilines is 3. The third kappa shape index (κ3) is 4.03. The van der Waals surface area contributed by atoms with Crippen LogP contribution in [0.3, 0.4) is 0 Å². The lowest BCUT2D eigenvalue weighted by molar-refractivity contribution is -0.118. The van der Waals surface area contributed by atoms with Gasteiger partial charge in [-0.15, -0.1) is 0 Å². The van der Waals surface area contributed by atoms with Crippen LogP contribution in [0.2, 0.25) is 0 Å². The Morgan fingerprint density at radius 3 is 2.56 bits per heavy atom. The number of hydrogen-bond donors (Lipinski definition) is 2. The van der Waals surface area contributed by atoms with E-state index >= 15 is 0 Å². The molecule has 3 heterocycles. The molecule has 1 atom stereocenters. The van der Waals surface area contributed by atoms with Crippen molar-refractivity contribution >= 4 is 39.7 Å². The van der Waals surface area contributed by atoms with Gasteiger partial charge in [0.15, 0.2) is 5.13 Å². The summed E-state index contributed by atoms with van der Waals surface area (Å²) in [6.07, 6.45) is 1.56. The summed E-state index contributed by atoms with van der Waals surface area (Å²) in [6.45, 7) is 1.56. The number of carbonyl (C=O) groups excluding carboxylic acids is 2. The van der Waals surface area contributed by atoms with Crippen LogP contribution in [0.5, 0.6) is 0 Å². The number of nitrogen functional groups attached to an aromatic ring is 1. The number of pyridine rings is 1. The highest BCUT2D eigenvalue weighted by atomic mass is 32.1. The van der Waals surface area contributed by atoms with E-state index in [1.54, 1.807) is 31.3 Å². The Hall–Kier alpha value is -4.19. The molecular formula is C20H16FN7O3S. The standard InChI is InChI=1S/C20H16FN7O3S/c1-10(17(23)30)28(12-7-5-11(21)6-8-12)20-25-16(22)15(32-20)14(29)19-26-18(27-31-19)13-4-2-3-9-24-13/h2-10H,22H2,1H3,(H2,23,30). The van der Waals surface area contributed by atoms with Crippen LogP contribution in [0.4, 0.5) is 21.0 Å². The number of aromatic nitrogens is 4. The maximum Gasteiger partial charge on any atom is 0.300 e. The number of primary amides is 1. The molecule has 32 heavy (non-hydrogen) atoms. The Labute approximate surface area is 184 Å². The summed E-state index contributed by atoms with van der Waals surface area (Å²) in [5.74, 6) is -1.96. The van der Waals surface area contributed by atoms with Gasteiger partial charge in [0.05, 0.1) is 0 Å². The number of ketones is 1. The van der Waals surface area contributed by atoms with Gasteiger partial charge < -0.3 is 20.9 Å². The molecule has 3 aromatic heterocycles. The minimum absolute atomic E-state index is 0.0417. The number of hydrogen-bond acceptors (Lipinski definition) is 10. The van der Waals surface area contributed by atoms with Gasteiger partial charge in [-0.3, -0.25) is 14.6 Å². The van der Waals surface area contributed by atoms with Crippen molar-refractivity contribution in [1.82, 2.24) is 20.1 Å². The van der Waals surface area contributed by atoms with Crippen molar-refractivity contribution in [3.8, 4) is 11.5 Å². The Bertz CT molecular complexity index is 1270. The van der Waals surface area contributed by atoms with Crippen LogP contribution >= 0.6 is 11.3 Å². The fraction of sp³-hybridized carbons (Fsp3) is 0.100. The van der Waals surface area contributed by atoms with E-state index in [9.17, 15) is 14.0 Å². The highest BCUT2D eigenvalue weighted by Gasteiger charge is 2.29. The number of carbonyl (C=O) groups is 2. The van der Waals surface area contributed by atoms with Crippen molar-refractivity contribution in [2.75, 3.05) is 10.6 Å². The van der Waals surface area contributed by atoms with Gasteiger partial charge >= 0.3 is 0 Å². The first kappa shape index (κ1) is 21.1. The Balaban J connectivity index is 1.69. The molecule has 0 aliphatic rings. The lowest BCUT2D eigenvalue weighted by Gasteiger charge is -2.26. The summed E-state index contributed by atoms with van der Waals surface area (Å²) in [7, 11) is 0. The van der Waals surface area contributed by atoms with Crippen molar-refractivity contribution in [2.45, 2.75) is 13.0 Å². The Morgan fingerprint density at radius 1 is 1.16 bits per heavy atom. The molecule has 4 aromatic rings. The van der Waals surface area contributed by atoms with Crippen LogP contribution in [0, 0.1) is 5.82 Å². The van der Waals surface area contributed by atoms with Crippen molar-refractivity contribution in [3.63, 3.8) is 0 Å². The molecule has 10 nitrogen and oxygen atoms in total. The molecule has 0 bridgehead atoms. The third-order valence-electron chi connectivity index (χ3n) is 4.47. The number of thiazole rings is 1. The first-order valence-electron chi connectivity index (χ1n) is 9.25. The molecule has 0 fully saturated rings. The molecule has 0 radical (unpaired) electrons. The molecule has 4 rings (SSSR count). The average Bonchev–Trinajstić information content (AvgIpc) is 3.43. The van der Waals surface area contributed by atoms with E-state index in [0.717, 1.165) is 11.3 Å². The van der Waals surface area contributed by atoms with E-state index in [1.807, 2.05) is 0 Å². The van der Waals surface area contributed by atoms with E-state index < -0.39 is 23.5 Å². The first-order valence-corrected chi connectivity index (χ1v) is 10.1. The third-order valence-corrected chi connectivity index (χ3v) is 5.54. The lowest BCUT2D eigenvalue weighted by Crippen LogP contribution is -2.39. The summed E-state index contributed by atoms with van der Waals surface area (Å²) >= 11 is 0.916. The quantitative estimate of drug-likeness (QED) is 0.402. The Morgan fingerprint density at radius 2 is 1.91 bits per heavy atom. The second-order valence-corrected chi connectivity index (χ2v) is 7.58. The minimum atomic E-state index is -0.854. The highest BCUT2D eigenvalue weighted by molar-refractivity contribution is 7.18. The van der Waals surface area contributed by atoms with E-state index in [1.165, 1.54) is 29.2 Å². The number of amides is 1. The maximum absolute atomic E-state index is 13.4. The number of halogens is 1. The molecule has 1 aromatic carbocycles. The van der Waals surface area contributed by atoms with Crippen molar-refractivity contribution in [2.24, 2.45) is 5.73 Å². The molecular weight excluding hydrogens is 437 g/mol. The number of rotatable bonds is 7. The van der Waals surface area contributed by atoms with Gasteiger partial charge in [0.2, 0.25) is 11.7 Å². The highest BCUT2D eigenvalue weighted by Crippen LogP contribution is 2.35. The van der Waals surface area contributed by atoms with Crippen LogP contribution in [0.25, 0.3) is 11.5 Å². The molecule has 4 N–H and O–H groups in total. The number of nitrogens with zero attached hydrogens (tertiary/aromatic N) is 5. The first-order chi connectivity index (χ1) is 15.3. The monoisotopic (exact) mass is 453 g/mol.